The van der Waals surface area contributed by atoms with Crippen LogP contribution in [0.4, 0.5) is 0 Å². The number of esters is 1. The summed E-state index contributed by atoms with van der Waals surface area (Å²) in [6, 6.07) is 3.70. The molecule has 0 atom stereocenters. The van der Waals surface area contributed by atoms with Crippen LogP contribution in [-0.2, 0) is 15.2 Å². The first-order valence-electron chi connectivity index (χ1n) is 6.86. The highest BCUT2D eigenvalue weighted by Crippen LogP contribution is 2.38. The lowest BCUT2D eigenvalue weighted by Gasteiger charge is -2.32. The molecule has 0 heterocycles. The molecule has 108 valence electrons. The van der Waals surface area contributed by atoms with E-state index in [-0.39, 0.29) is 11.8 Å². The average Bonchev–Trinajstić information content (AvgIpc) is 2.37. The van der Waals surface area contributed by atoms with E-state index in [0.29, 0.717) is 31.4 Å². The van der Waals surface area contributed by atoms with Gasteiger partial charge in [0.2, 0.25) is 0 Å². The van der Waals surface area contributed by atoms with Gasteiger partial charge in [0.05, 0.1) is 5.60 Å². The van der Waals surface area contributed by atoms with Crippen molar-refractivity contribution in [2.45, 2.75) is 52.1 Å². The van der Waals surface area contributed by atoms with E-state index < -0.39 is 5.60 Å². The first-order chi connectivity index (χ1) is 9.32. The van der Waals surface area contributed by atoms with Crippen molar-refractivity contribution in [1.29, 1.82) is 0 Å². The quantitative estimate of drug-likeness (QED) is 0.666. The van der Waals surface area contributed by atoms with Gasteiger partial charge in [-0.2, -0.15) is 0 Å². The second-order valence-electron chi connectivity index (χ2n) is 5.60. The minimum atomic E-state index is -0.946. The van der Waals surface area contributed by atoms with Crippen molar-refractivity contribution >= 4 is 11.8 Å². The molecule has 0 unspecified atom stereocenters. The van der Waals surface area contributed by atoms with Crippen LogP contribution in [0.1, 0.15) is 49.3 Å². The summed E-state index contributed by atoms with van der Waals surface area (Å²) in [6.45, 7) is 5.07. The second kappa shape index (κ2) is 5.37. The number of benzene rings is 1. The highest BCUT2D eigenvalue weighted by molar-refractivity contribution is 5.79. The van der Waals surface area contributed by atoms with Gasteiger partial charge in [0.15, 0.2) is 0 Å². The van der Waals surface area contributed by atoms with Crippen LogP contribution in [0, 0.1) is 13.8 Å². The lowest BCUT2D eigenvalue weighted by molar-refractivity contribution is -0.132. The third-order valence-electron chi connectivity index (χ3n) is 3.88. The Bertz CT molecular complexity index is 527. The summed E-state index contributed by atoms with van der Waals surface area (Å²) in [5, 5.41) is 10.7. The zero-order valence-electron chi connectivity index (χ0n) is 12.2. The number of ether oxygens (including phenoxy) is 1. The molecule has 20 heavy (non-hydrogen) atoms. The van der Waals surface area contributed by atoms with Crippen LogP contribution in [-0.4, -0.2) is 16.9 Å². The lowest BCUT2D eigenvalue weighted by atomic mass is 9.78. The zero-order chi connectivity index (χ0) is 14.9. The largest absolute Gasteiger partial charge is 0.426 e. The highest BCUT2D eigenvalue weighted by atomic mass is 16.5. The Morgan fingerprint density at radius 2 is 1.70 bits per heavy atom. The minimum Gasteiger partial charge on any atom is -0.426 e. The Hall–Kier alpha value is -1.68. The van der Waals surface area contributed by atoms with Crippen LogP contribution in [0.15, 0.2) is 12.1 Å². The number of rotatable bonds is 2. The average molecular weight is 276 g/mol. The number of carbonyl (C=O) groups is 2. The van der Waals surface area contributed by atoms with Gasteiger partial charge in [-0.15, -0.1) is 0 Å². The Kier molecular flexibility index (Phi) is 3.95. The van der Waals surface area contributed by atoms with Crippen molar-refractivity contribution in [3.8, 4) is 5.75 Å². The predicted molar refractivity (Wildman–Crippen MR) is 74.6 cm³/mol. The van der Waals surface area contributed by atoms with Crippen LogP contribution in [0.3, 0.4) is 0 Å². The van der Waals surface area contributed by atoms with E-state index >= 15 is 0 Å². The molecule has 1 aliphatic rings. The summed E-state index contributed by atoms with van der Waals surface area (Å²) >= 11 is 0. The number of hydrogen-bond donors (Lipinski definition) is 1. The summed E-state index contributed by atoms with van der Waals surface area (Å²) in [5.41, 5.74) is 1.50. The molecule has 1 aromatic rings. The molecule has 0 spiro atoms. The van der Waals surface area contributed by atoms with Crippen LogP contribution < -0.4 is 4.74 Å². The molecule has 1 aromatic carbocycles. The maximum Gasteiger partial charge on any atom is 0.308 e. The molecule has 0 bridgehead atoms. The number of carbonyl (C=O) groups excluding carboxylic acids is 2. The van der Waals surface area contributed by atoms with Gasteiger partial charge >= 0.3 is 5.97 Å². The number of Topliss-reactive ketones (excluding diaryl/α,β-unsaturated/α-hetero) is 1. The fourth-order valence-electron chi connectivity index (χ4n) is 2.75. The van der Waals surface area contributed by atoms with Gasteiger partial charge in [-0.3, -0.25) is 9.59 Å². The Morgan fingerprint density at radius 1 is 1.20 bits per heavy atom. The van der Waals surface area contributed by atoms with Gasteiger partial charge in [0.1, 0.15) is 11.5 Å². The molecule has 1 aliphatic carbocycles. The van der Waals surface area contributed by atoms with Gasteiger partial charge in [-0.25, -0.2) is 0 Å². The number of ketones is 1. The Balaban J connectivity index is 2.34. The maximum atomic E-state index is 11.3. The van der Waals surface area contributed by atoms with Crippen molar-refractivity contribution in [2.24, 2.45) is 0 Å². The van der Waals surface area contributed by atoms with Crippen LogP contribution >= 0.6 is 0 Å². The summed E-state index contributed by atoms with van der Waals surface area (Å²) in [5.74, 6) is 0.405. The molecule has 4 nitrogen and oxygen atoms in total. The number of aryl methyl sites for hydroxylation is 2. The second-order valence-corrected chi connectivity index (χ2v) is 5.60. The number of hydrogen-bond acceptors (Lipinski definition) is 4. The third-order valence-corrected chi connectivity index (χ3v) is 3.88. The molecule has 0 aromatic heterocycles. The van der Waals surface area contributed by atoms with Crippen LogP contribution in [0.2, 0.25) is 0 Å². The van der Waals surface area contributed by atoms with E-state index in [2.05, 4.69) is 0 Å². The van der Waals surface area contributed by atoms with Crippen molar-refractivity contribution in [3.63, 3.8) is 0 Å². The zero-order valence-corrected chi connectivity index (χ0v) is 12.2. The van der Waals surface area contributed by atoms with Crippen molar-refractivity contribution < 1.29 is 19.4 Å². The van der Waals surface area contributed by atoms with E-state index in [1.165, 1.54) is 6.92 Å². The summed E-state index contributed by atoms with van der Waals surface area (Å²) in [7, 11) is 0. The number of aliphatic hydroxyl groups is 1. The molecule has 0 amide bonds. The molecule has 1 fully saturated rings. The lowest BCUT2D eigenvalue weighted by Crippen LogP contribution is -2.31. The molecule has 2 rings (SSSR count). The fourth-order valence-corrected chi connectivity index (χ4v) is 2.75. The summed E-state index contributed by atoms with van der Waals surface area (Å²) in [6.07, 6.45) is 1.75. The smallest absolute Gasteiger partial charge is 0.308 e. The van der Waals surface area contributed by atoms with Gasteiger partial charge in [0, 0.05) is 19.8 Å². The molecule has 4 heteroatoms. The standard InChI is InChI=1S/C16H20O4/c1-10-8-13(9-11(2)15(10)20-12(3)17)16(19)6-4-14(18)5-7-16/h8-9,19H,4-7H2,1-3H3. The van der Waals surface area contributed by atoms with E-state index in [9.17, 15) is 14.7 Å². The minimum absolute atomic E-state index is 0.208. The fraction of sp³-hybridized carbons (Fsp3) is 0.500. The van der Waals surface area contributed by atoms with Crippen molar-refractivity contribution in [1.82, 2.24) is 0 Å². The van der Waals surface area contributed by atoms with E-state index in [1.54, 1.807) is 0 Å². The maximum absolute atomic E-state index is 11.3. The Morgan fingerprint density at radius 3 is 2.15 bits per heavy atom. The van der Waals surface area contributed by atoms with Crippen LogP contribution in [0.25, 0.3) is 0 Å². The monoisotopic (exact) mass is 276 g/mol. The molecular formula is C16H20O4. The third kappa shape index (κ3) is 2.90. The molecule has 0 radical (unpaired) electrons. The summed E-state index contributed by atoms with van der Waals surface area (Å²) in [4.78, 5) is 22.4. The molecule has 0 aliphatic heterocycles. The molecule has 1 saturated carbocycles. The normalized spacial score (nSPS) is 17.9. The molecule has 1 N–H and O–H groups in total. The predicted octanol–water partition coefficient (Wildman–Crippen LogP) is 2.56. The highest BCUT2D eigenvalue weighted by Gasteiger charge is 2.34. The summed E-state index contributed by atoms with van der Waals surface area (Å²) < 4.78 is 5.19. The van der Waals surface area contributed by atoms with Crippen LogP contribution in [0.5, 0.6) is 5.75 Å². The van der Waals surface area contributed by atoms with E-state index in [1.807, 2.05) is 26.0 Å². The van der Waals surface area contributed by atoms with Gasteiger partial charge in [0.25, 0.3) is 0 Å². The Labute approximate surface area is 118 Å². The van der Waals surface area contributed by atoms with Crippen molar-refractivity contribution in [2.75, 3.05) is 0 Å². The van der Waals surface area contributed by atoms with E-state index in [0.717, 1.165) is 16.7 Å². The van der Waals surface area contributed by atoms with Gasteiger partial charge < -0.3 is 9.84 Å². The molecular weight excluding hydrogens is 256 g/mol. The van der Waals surface area contributed by atoms with Crippen molar-refractivity contribution in [3.05, 3.63) is 28.8 Å². The first-order valence-corrected chi connectivity index (χ1v) is 6.86. The first kappa shape index (κ1) is 14.7. The topological polar surface area (TPSA) is 63.6 Å². The molecule has 0 saturated heterocycles. The SMILES string of the molecule is CC(=O)Oc1c(C)cc(C2(O)CCC(=O)CC2)cc1C. The van der Waals surface area contributed by atoms with Gasteiger partial charge in [-0.05, 0) is 55.5 Å². The van der Waals surface area contributed by atoms with Gasteiger partial charge in [-0.1, -0.05) is 0 Å². The van der Waals surface area contributed by atoms with E-state index in [4.69, 9.17) is 4.74 Å².